The van der Waals surface area contributed by atoms with E-state index in [2.05, 4.69) is 16.7 Å². The number of hydrogen-bond donors (Lipinski definition) is 1. The van der Waals surface area contributed by atoms with E-state index in [9.17, 15) is 0 Å². The van der Waals surface area contributed by atoms with Crippen molar-refractivity contribution < 1.29 is 0 Å². The van der Waals surface area contributed by atoms with Crippen LogP contribution in [0.5, 0.6) is 0 Å². The Morgan fingerprint density at radius 2 is 1.57 bits per heavy atom. The minimum absolute atomic E-state index is 0.726. The number of nitrogens with two attached hydrogens (primary N) is 1. The molecular formula is C11H25N3. The first-order chi connectivity index (χ1) is 6.86. The van der Waals surface area contributed by atoms with Crippen LogP contribution >= 0.6 is 0 Å². The van der Waals surface area contributed by atoms with Crippen molar-refractivity contribution in [2.24, 2.45) is 5.73 Å². The van der Waals surface area contributed by atoms with Gasteiger partial charge in [-0.1, -0.05) is 26.2 Å². The van der Waals surface area contributed by atoms with Crippen LogP contribution in [-0.4, -0.2) is 49.2 Å². The summed E-state index contributed by atoms with van der Waals surface area (Å²) in [6, 6.07) is 0. The van der Waals surface area contributed by atoms with E-state index in [4.69, 9.17) is 5.73 Å². The van der Waals surface area contributed by atoms with Crippen molar-refractivity contribution in [3.8, 4) is 0 Å². The number of rotatable bonds is 6. The minimum atomic E-state index is 0.726. The van der Waals surface area contributed by atoms with Gasteiger partial charge in [0.1, 0.15) is 0 Å². The maximum absolute atomic E-state index is 5.60. The molecule has 0 radical (unpaired) electrons. The lowest BCUT2D eigenvalue weighted by molar-refractivity contribution is 0.133. The van der Waals surface area contributed by atoms with Crippen molar-refractivity contribution in [2.75, 3.05) is 39.4 Å². The lowest BCUT2D eigenvalue weighted by Crippen LogP contribution is -2.48. The van der Waals surface area contributed by atoms with Crippen LogP contribution in [0.1, 0.15) is 32.6 Å². The Morgan fingerprint density at radius 1 is 0.929 bits per heavy atom. The van der Waals surface area contributed by atoms with Crippen LogP contribution in [0.3, 0.4) is 0 Å². The third-order valence-electron chi connectivity index (χ3n) is 3.05. The summed E-state index contributed by atoms with van der Waals surface area (Å²) >= 11 is 0. The van der Waals surface area contributed by atoms with Gasteiger partial charge in [0.2, 0.25) is 0 Å². The largest absolute Gasteiger partial charge is 0.318 e. The van der Waals surface area contributed by atoms with E-state index >= 15 is 0 Å². The molecule has 0 aromatic rings. The first-order valence-corrected chi connectivity index (χ1v) is 6.01. The molecule has 1 aliphatic rings. The third kappa shape index (κ3) is 4.40. The molecule has 3 nitrogen and oxygen atoms in total. The van der Waals surface area contributed by atoms with E-state index in [1.807, 2.05) is 0 Å². The summed E-state index contributed by atoms with van der Waals surface area (Å²) in [6.07, 6.45) is 5.49. The van der Waals surface area contributed by atoms with E-state index < -0.39 is 0 Å². The Hall–Kier alpha value is -0.120. The molecule has 1 saturated heterocycles. The van der Waals surface area contributed by atoms with E-state index in [-0.39, 0.29) is 0 Å². The molecule has 0 aromatic heterocycles. The molecule has 0 unspecified atom stereocenters. The van der Waals surface area contributed by atoms with Gasteiger partial charge in [0.25, 0.3) is 0 Å². The van der Waals surface area contributed by atoms with Gasteiger partial charge in [0.15, 0.2) is 0 Å². The zero-order valence-electron chi connectivity index (χ0n) is 9.54. The van der Waals surface area contributed by atoms with E-state index in [0.29, 0.717) is 0 Å². The Balaban J connectivity index is 1.98. The summed E-state index contributed by atoms with van der Waals surface area (Å²) in [4.78, 5) is 4.89. The highest BCUT2D eigenvalue weighted by Gasteiger charge is 2.14. The number of piperazine rings is 1. The molecule has 1 aliphatic heterocycles. The van der Waals surface area contributed by atoms with Crippen molar-refractivity contribution in [3.63, 3.8) is 0 Å². The lowest BCUT2D eigenvalue weighted by atomic mass is 10.2. The van der Waals surface area contributed by atoms with Gasteiger partial charge >= 0.3 is 0 Å². The van der Waals surface area contributed by atoms with E-state index in [0.717, 1.165) is 19.8 Å². The molecule has 2 N–H and O–H groups in total. The Labute approximate surface area is 88.2 Å². The van der Waals surface area contributed by atoms with Crippen molar-refractivity contribution >= 4 is 0 Å². The van der Waals surface area contributed by atoms with E-state index in [1.54, 1.807) is 0 Å². The molecule has 3 heteroatoms. The van der Waals surface area contributed by atoms with Crippen molar-refractivity contribution in [2.45, 2.75) is 32.6 Å². The molecule has 84 valence electrons. The highest BCUT2D eigenvalue weighted by atomic mass is 15.3. The fourth-order valence-electron chi connectivity index (χ4n) is 1.96. The average molecular weight is 199 g/mol. The normalized spacial score (nSPS) is 20.1. The van der Waals surface area contributed by atoms with Gasteiger partial charge in [0.05, 0.1) is 0 Å². The van der Waals surface area contributed by atoms with Gasteiger partial charge in [-0.3, -0.25) is 4.90 Å². The molecule has 0 aromatic carbocycles. The number of nitrogens with zero attached hydrogens (tertiary/aromatic N) is 2. The predicted molar refractivity (Wildman–Crippen MR) is 61.2 cm³/mol. The molecule has 1 fully saturated rings. The van der Waals surface area contributed by atoms with E-state index in [1.165, 1.54) is 45.3 Å². The third-order valence-corrected chi connectivity index (χ3v) is 3.05. The molecule has 14 heavy (non-hydrogen) atoms. The molecule has 1 rings (SSSR count). The second-order valence-corrected chi connectivity index (χ2v) is 4.20. The number of hydrogen-bond acceptors (Lipinski definition) is 3. The second kappa shape index (κ2) is 7.21. The molecular weight excluding hydrogens is 174 g/mol. The standard InChI is InChI=1S/C11H25N3/c1-2-3-4-5-6-13-7-9-14(11-12)10-8-13/h2-12H2,1H3. The van der Waals surface area contributed by atoms with Gasteiger partial charge in [-0.2, -0.15) is 0 Å². The fourth-order valence-corrected chi connectivity index (χ4v) is 1.96. The highest BCUT2D eigenvalue weighted by Crippen LogP contribution is 2.04. The Morgan fingerprint density at radius 3 is 2.14 bits per heavy atom. The summed E-state index contributed by atoms with van der Waals surface area (Å²) in [5.41, 5.74) is 5.60. The summed E-state index contributed by atoms with van der Waals surface area (Å²) in [5, 5.41) is 0. The molecule has 0 atom stereocenters. The zero-order valence-corrected chi connectivity index (χ0v) is 9.54. The SMILES string of the molecule is CCCCCCN1CCN(CN)CC1. The van der Waals surface area contributed by atoms with Gasteiger partial charge < -0.3 is 10.6 Å². The second-order valence-electron chi connectivity index (χ2n) is 4.20. The first kappa shape index (κ1) is 12.0. The molecule has 0 spiro atoms. The summed E-state index contributed by atoms with van der Waals surface area (Å²) in [6.45, 7) is 9.02. The van der Waals surface area contributed by atoms with Gasteiger partial charge in [0, 0.05) is 32.8 Å². The first-order valence-electron chi connectivity index (χ1n) is 6.01. The predicted octanol–water partition coefficient (Wildman–Crippen LogP) is 1.10. The molecule has 0 amide bonds. The zero-order chi connectivity index (χ0) is 10.2. The summed E-state index contributed by atoms with van der Waals surface area (Å²) in [5.74, 6) is 0. The van der Waals surface area contributed by atoms with Crippen molar-refractivity contribution in [1.29, 1.82) is 0 Å². The van der Waals surface area contributed by atoms with Crippen molar-refractivity contribution in [1.82, 2.24) is 9.80 Å². The summed E-state index contributed by atoms with van der Waals surface area (Å²) < 4.78 is 0. The van der Waals surface area contributed by atoms with Crippen LogP contribution < -0.4 is 5.73 Å². The molecule has 0 bridgehead atoms. The number of unbranched alkanes of at least 4 members (excludes halogenated alkanes) is 3. The monoisotopic (exact) mass is 199 g/mol. The Kier molecular flexibility index (Phi) is 6.15. The smallest absolute Gasteiger partial charge is 0.0456 e. The fraction of sp³-hybridized carbons (Fsp3) is 1.00. The van der Waals surface area contributed by atoms with Crippen LogP contribution in [0.15, 0.2) is 0 Å². The van der Waals surface area contributed by atoms with Crippen LogP contribution in [0.4, 0.5) is 0 Å². The van der Waals surface area contributed by atoms with Gasteiger partial charge in [-0.15, -0.1) is 0 Å². The minimum Gasteiger partial charge on any atom is -0.318 e. The molecule has 0 saturated carbocycles. The maximum atomic E-state index is 5.60. The molecule has 0 aliphatic carbocycles. The van der Waals surface area contributed by atoms with Crippen LogP contribution in [0.25, 0.3) is 0 Å². The average Bonchev–Trinajstić information content (AvgIpc) is 2.25. The van der Waals surface area contributed by atoms with Crippen LogP contribution in [0.2, 0.25) is 0 Å². The topological polar surface area (TPSA) is 32.5 Å². The maximum Gasteiger partial charge on any atom is 0.0456 e. The van der Waals surface area contributed by atoms with Gasteiger partial charge in [-0.25, -0.2) is 0 Å². The quantitative estimate of drug-likeness (QED) is 0.650. The molecule has 1 heterocycles. The van der Waals surface area contributed by atoms with Crippen LogP contribution in [-0.2, 0) is 0 Å². The van der Waals surface area contributed by atoms with Gasteiger partial charge in [-0.05, 0) is 13.0 Å². The van der Waals surface area contributed by atoms with Crippen molar-refractivity contribution in [3.05, 3.63) is 0 Å². The Bertz CT molecular complexity index is 130. The summed E-state index contributed by atoms with van der Waals surface area (Å²) in [7, 11) is 0. The van der Waals surface area contributed by atoms with Crippen LogP contribution in [0, 0.1) is 0 Å². The lowest BCUT2D eigenvalue weighted by Gasteiger charge is -2.33. The highest BCUT2D eigenvalue weighted by molar-refractivity contribution is 4.70.